The van der Waals surface area contributed by atoms with E-state index in [0.29, 0.717) is 0 Å². The standard InChI is InChI=1S/C33H33.2C10H6Cl.C5H5.CH2.Zr/c1-32(2,3)30-20-26-24(18-28(30)22-13-9-7-10-14-22)17-25-19-29(23-15-11-8-12-16-23)31(21-27(25)26)33(4,5)6;2*11-10-6-5-8-3-1-2-4-9(8)7-10;1-2-4-5-3-1;;/h7-16,18,20-21H,17H2,1-6H3;2*1-4,6-7H;1-3H,4H2;1H2;/q4*-1;;. The first-order valence-electron chi connectivity index (χ1n) is 20.9. The predicted octanol–water partition coefficient (Wildman–Crippen LogP) is 16.8. The van der Waals surface area contributed by atoms with Gasteiger partial charge in [0.25, 0.3) is 0 Å². The summed E-state index contributed by atoms with van der Waals surface area (Å²) in [4.78, 5) is 0. The molecule has 8 aromatic rings. The van der Waals surface area contributed by atoms with Crippen molar-refractivity contribution in [1.82, 2.24) is 0 Å². The summed E-state index contributed by atoms with van der Waals surface area (Å²) in [6, 6.07) is 62.5. The Morgan fingerprint density at radius 1 is 0.548 bits per heavy atom. The van der Waals surface area contributed by atoms with Gasteiger partial charge in [0.1, 0.15) is 0 Å². The molecule has 62 heavy (non-hydrogen) atoms. The average molecular weight is 923 g/mol. The van der Waals surface area contributed by atoms with E-state index in [-0.39, 0.29) is 10.8 Å². The van der Waals surface area contributed by atoms with Gasteiger partial charge >= 0.3 is 28.4 Å². The Labute approximate surface area is 395 Å². The van der Waals surface area contributed by atoms with E-state index in [2.05, 4.69) is 155 Å². The van der Waals surface area contributed by atoms with Crippen LogP contribution in [0.5, 0.6) is 0 Å². The zero-order valence-corrected chi connectivity index (χ0v) is 40.5. The summed E-state index contributed by atoms with van der Waals surface area (Å²) in [5, 5.41) is 5.97. The van der Waals surface area contributed by atoms with Gasteiger partial charge in [0.15, 0.2) is 0 Å². The molecule has 0 radical (unpaired) electrons. The van der Waals surface area contributed by atoms with E-state index < -0.39 is 0 Å². The van der Waals surface area contributed by atoms with E-state index in [9.17, 15) is 0 Å². The molecule has 310 valence electrons. The molecule has 0 fully saturated rings. The molecule has 0 saturated heterocycles. The molecule has 0 bridgehead atoms. The molecule has 0 atom stereocenters. The van der Waals surface area contributed by atoms with Gasteiger partial charge in [-0.15, -0.1) is 141 Å². The number of benzene rings is 8. The first-order chi connectivity index (χ1) is 29.8. The molecule has 0 amide bonds. The van der Waals surface area contributed by atoms with Crippen LogP contribution in [0.25, 0.3) is 54.9 Å². The SMILES string of the molecule is CC(C)(C)c1cc2c([c-]c1-c1ccccc1)Cc1cc(-c3ccccc3)c(C(C)(C)C)cc1-2.Clc1c[c-]c2ccccc2c1.Clc1c[c-]c2ccccc2c1.[C-]1=CC=CC1.[CH2]=[Zr]. The van der Waals surface area contributed by atoms with Gasteiger partial charge in [-0.2, -0.15) is 6.08 Å². The van der Waals surface area contributed by atoms with E-state index in [0.717, 1.165) is 44.4 Å². The van der Waals surface area contributed by atoms with E-state index in [4.69, 9.17) is 23.2 Å². The van der Waals surface area contributed by atoms with Crippen molar-refractivity contribution in [2.75, 3.05) is 0 Å². The fourth-order valence-electron chi connectivity index (χ4n) is 7.62. The molecule has 0 aromatic heterocycles. The molecule has 3 heteroatoms. The van der Waals surface area contributed by atoms with E-state index >= 15 is 0 Å². The number of rotatable bonds is 2. The predicted molar refractivity (Wildman–Crippen MR) is 266 cm³/mol. The first kappa shape index (κ1) is 46.6. The first-order valence-corrected chi connectivity index (χ1v) is 23.4. The molecule has 2 aliphatic carbocycles. The molecule has 8 aromatic carbocycles. The molecule has 0 N–H and O–H groups in total. The molecular weight excluding hydrogens is 871 g/mol. The van der Waals surface area contributed by atoms with Crippen LogP contribution in [0, 0.1) is 24.3 Å². The molecule has 10 rings (SSSR count). The number of hydrogen-bond donors (Lipinski definition) is 0. The summed E-state index contributed by atoms with van der Waals surface area (Å²) in [6.07, 6.45) is 10.9. The molecule has 0 saturated carbocycles. The summed E-state index contributed by atoms with van der Waals surface area (Å²) >= 11 is 12.9. The van der Waals surface area contributed by atoms with Gasteiger partial charge in [-0.25, -0.2) is 12.2 Å². The fourth-order valence-corrected chi connectivity index (χ4v) is 7.97. The maximum absolute atomic E-state index is 5.79. The quantitative estimate of drug-likeness (QED) is 0.152. The average Bonchev–Trinajstić information content (AvgIpc) is 3.99. The van der Waals surface area contributed by atoms with Crippen LogP contribution in [-0.4, -0.2) is 4.21 Å². The Hall–Kier alpha value is -4.91. The van der Waals surface area contributed by atoms with Gasteiger partial charge in [0, 0.05) is 0 Å². The van der Waals surface area contributed by atoms with Crippen LogP contribution in [0.3, 0.4) is 0 Å². The Morgan fingerprint density at radius 3 is 1.53 bits per heavy atom. The molecule has 0 unspecified atom stereocenters. The summed E-state index contributed by atoms with van der Waals surface area (Å²) in [7, 11) is 0. The summed E-state index contributed by atoms with van der Waals surface area (Å²) in [5.74, 6) is 0. The van der Waals surface area contributed by atoms with Crippen LogP contribution in [-0.2, 0) is 41.5 Å². The van der Waals surface area contributed by atoms with Crippen LogP contribution in [0.1, 0.15) is 70.2 Å². The third-order valence-corrected chi connectivity index (χ3v) is 11.1. The minimum absolute atomic E-state index is 0.0380. The monoisotopic (exact) mass is 920 g/mol. The zero-order chi connectivity index (χ0) is 44.3. The summed E-state index contributed by atoms with van der Waals surface area (Å²) in [5.41, 5.74) is 13.5. The summed E-state index contributed by atoms with van der Waals surface area (Å²) < 4.78 is 3.34. The number of hydrogen-bond acceptors (Lipinski definition) is 0. The van der Waals surface area contributed by atoms with Crippen molar-refractivity contribution in [1.29, 1.82) is 0 Å². The molecule has 0 spiro atoms. The Bertz CT molecular complexity index is 2610. The number of fused-ring (bicyclic) bond motifs is 5. The molecule has 2 aliphatic rings. The van der Waals surface area contributed by atoms with Crippen LogP contribution in [0.4, 0.5) is 0 Å². The van der Waals surface area contributed by atoms with Gasteiger partial charge in [0.2, 0.25) is 0 Å². The van der Waals surface area contributed by atoms with E-state index in [1.807, 2.05) is 72.8 Å². The normalized spacial score (nSPS) is 12.0. The van der Waals surface area contributed by atoms with Gasteiger partial charge in [-0.05, 0) is 49.5 Å². The second kappa shape index (κ2) is 21.4. The second-order valence-electron chi connectivity index (χ2n) is 17.2. The van der Waals surface area contributed by atoms with Crippen molar-refractivity contribution in [2.24, 2.45) is 0 Å². The van der Waals surface area contributed by atoms with E-state index in [1.165, 1.54) is 79.9 Å². The van der Waals surface area contributed by atoms with Gasteiger partial charge in [-0.1, -0.05) is 155 Å². The van der Waals surface area contributed by atoms with Crippen molar-refractivity contribution >= 4 is 49.0 Å². The van der Waals surface area contributed by atoms with Gasteiger partial charge in [-0.3, -0.25) is 6.08 Å². The zero-order valence-electron chi connectivity index (χ0n) is 36.5. The topological polar surface area (TPSA) is 0 Å². The Balaban J connectivity index is 0.000000177. The third-order valence-electron chi connectivity index (χ3n) is 10.6. The van der Waals surface area contributed by atoms with Crippen molar-refractivity contribution in [3.8, 4) is 33.4 Å². The fraction of sp³-hybridized carbons (Fsp3) is 0.169. The van der Waals surface area contributed by atoms with Crippen molar-refractivity contribution in [3.63, 3.8) is 0 Å². The van der Waals surface area contributed by atoms with Crippen LogP contribution in [0.15, 0.2) is 170 Å². The Kier molecular flexibility index (Phi) is 16.1. The second-order valence-corrected chi connectivity index (χ2v) is 18.1. The van der Waals surface area contributed by atoms with Crippen LogP contribution >= 0.6 is 23.2 Å². The van der Waals surface area contributed by atoms with Crippen LogP contribution in [0.2, 0.25) is 10.0 Å². The van der Waals surface area contributed by atoms with Crippen LogP contribution < -0.4 is 0 Å². The van der Waals surface area contributed by atoms with Gasteiger partial charge in [0.05, 0.1) is 0 Å². The number of allylic oxidation sites excluding steroid dienone is 4. The summed E-state index contributed by atoms with van der Waals surface area (Å²) in [6.45, 7) is 13.9. The molecule has 0 aliphatic heterocycles. The maximum atomic E-state index is 5.79. The molecule has 0 nitrogen and oxygen atoms in total. The minimum atomic E-state index is 0.0380. The van der Waals surface area contributed by atoms with Crippen molar-refractivity contribution in [2.45, 2.75) is 65.2 Å². The third kappa shape index (κ3) is 12.0. The van der Waals surface area contributed by atoms with Crippen molar-refractivity contribution < 1.29 is 24.2 Å². The molecular formula is C59H52Cl2Zr-4. The van der Waals surface area contributed by atoms with Crippen molar-refractivity contribution in [3.05, 3.63) is 226 Å². The van der Waals surface area contributed by atoms with E-state index in [1.54, 1.807) is 12.1 Å². The van der Waals surface area contributed by atoms with Gasteiger partial charge < -0.3 is 0 Å². The Morgan fingerprint density at radius 2 is 1.05 bits per heavy atom. The number of halogens is 2. The molecule has 0 heterocycles.